The normalized spacial score (nSPS) is 21.0. The van der Waals surface area contributed by atoms with Crippen LogP contribution in [0.3, 0.4) is 0 Å². The Labute approximate surface area is 171 Å². The predicted molar refractivity (Wildman–Crippen MR) is 114 cm³/mol. The third-order valence-corrected chi connectivity index (χ3v) is 6.33. The molecular formula is C24H26N4O. The topological polar surface area (TPSA) is 51.0 Å². The summed E-state index contributed by atoms with van der Waals surface area (Å²) in [5.41, 5.74) is 4.21. The molecule has 1 saturated heterocycles. The molecule has 0 aliphatic carbocycles. The van der Waals surface area contributed by atoms with Gasteiger partial charge < -0.3 is 9.47 Å². The molecule has 0 radical (unpaired) electrons. The van der Waals surface area contributed by atoms with Gasteiger partial charge in [-0.2, -0.15) is 0 Å². The molecule has 1 aromatic carbocycles. The Balaban J connectivity index is 1.31. The maximum absolute atomic E-state index is 13.1. The van der Waals surface area contributed by atoms with Crippen LogP contribution >= 0.6 is 0 Å². The first-order chi connectivity index (χ1) is 14.3. The highest BCUT2D eigenvalue weighted by Crippen LogP contribution is 2.35. The number of benzene rings is 1. The van der Waals surface area contributed by atoms with E-state index in [0.29, 0.717) is 17.4 Å². The van der Waals surface area contributed by atoms with Crippen LogP contribution in [0.5, 0.6) is 0 Å². The van der Waals surface area contributed by atoms with Gasteiger partial charge in [-0.15, -0.1) is 0 Å². The smallest absolute Gasteiger partial charge is 0.258 e. The van der Waals surface area contributed by atoms with Gasteiger partial charge in [-0.1, -0.05) is 30.3 Å². The molecule has 2 unspecified atom stereocenters. The predicted octanol–water partition coefficient (Wildman–Crippen LogP) is 3.36. The largest absolute Gasteiger partial charge is 0.311 e. The number of hydrogen-bond acceptors (Lipinski definition) is 4. The number of likely N-dealkylation sites (tertiary alicyclic amines) is 1. The highest BCUT2D eigenvalue weighted by Gasteiger charge is 2.34. The van der Waals surface area contributed by atoms with Gasteiger partial charge in [0.1, 0.15) is 6.33 Å². The maximum Gasteiger partial charge on any atom is 0.258 e. The summed E-state index contributed by atoms with van der Waals surface area (Å²) in [7, 11) is 0. The lowest BCUT2D eigenvalue weighted by molar-refractivity contribution is 0.119. The quantitative estimate of drug-likeness (QED) is 0.675. The summed E-state index contributed by atoms with van der Waals surface area (Å²) in [5.74, 6) is 1.01. The van der Waals surface area contributed by atoms with Crippen LogP contribution in [-0.2, 0) is 13.0 Å². The molecule has 148 valence electrons. The number of rotatable bonds is 5. The van der Waals surface area contributed by atoms with Gasteiger partial charge in [0.25, 0.3) is 5.56 Å². The number of aryl methyl sites for hydroxylation is 1. The molecule has 0 N–H and O–H groups in total. The second kappa shape index (κ2) is 7.91. The van der Waals surface area contributed by atoms with E-state index in [1.54, 1.807) is 12.4 Å². The molecule has 1 fully saturated rings. The van der Waals surface area contributed by atoms with E-state index in [0.717, 1.165) is 38.2 Å². The summed E-state index contributed by atoms with van der Waals surface area (Å²) in [6, 6.07) is 14.8. The monoisotopic (exact) mass is 386 g/mol. The van der Waals surface area contributed by atoms with Crippen molar-refractivity contribution in [2.24, 2.45) is 5.92 Å². The Morgan fingerprint density at radius 1 is 0.966 bits per heavy atom. The molecule has 3 aromatic rings. The SMILES string of the molecule is O=c1c(-c2cncnc2)ccc2n1CC1CC2CN(CCCc2ccccc2)C1. The van der Waals surface area contributed by atoms with Gasteiger partial charge >= 0.3 is 0 Å². The van der Waals surface area contributed by atoms with Gasteiger partial charge in [-0.3, -0.25) is 4.79 Å². The van der Waals surface area contributed by atoms with Crippen molar-refractivity contribution in [1.82, 2.24) is 19.4 Å². The third kappa shape index (κ3) is 3.75. The molecule has 4 heterocycles. The summed E-state index contributed by atoms with van der Waals surface area (Å²) < 4.78 is 2.02. The third-order valence-electron chi connectivity index (χ3n) is 6.33. The lowest BCUT2D eigenvalue weighted by Gasteiger charge is -2.43. The van der Waals surface area contributed by atoms with E-state index in [1.165, 1.54) is 30.4 Å². The van der Waals surface area contributed by atoms with Crippen LogP contribution in [0, 0.1) is 5.92 Å². The van der Waals surface area contributed by atoms with Crippen LogP contribution in [-0.4, -0.2) is 39.1 Å². The number of fused-ring (bicyclic) bond motifs is 4. The summed E-state index contributed by atoms with van der Waals surface area (Å²) in [5, 5.41) is 0. The van der Waals surface area contributed by atoms with E-state index in [2.05, 4.69) is 51.3 Å². The molecular weight excluding hydrogens is 360 g/mol. The lowest BCUT2D eigenvalue weighted by Crippen LogP contribution is -2.47. The second-order valence-electron chi connectivity index (χ2n) is 8.36. The van der Waals surface area contributed by atoms with Crippen molar-refractivity contribution in [3.8, 4) is 11.1 Å². The molecule has 5 rings (SSSR count). The minimum Gasteiger partial charge on any atom is -0.311 e. The van der Waals surface area contributed by atoms with Gasteiger partial charge in [0.15, 0.2) is 0 Å². The van der Waals surface area contributed by atoms with Crippen molar-refractivity contribution >= 4 is 0 Å². The Kier molecular flexibility index (Phi) is 4.98. The average molecular weight is 386 g/mol. The first-order valence-electron chi connectivity index (χ1n) is 10.5. The second-order valence-corrected chi connectivity index (χ2v) is 8.36. The molecule has 29 heavy (non-hydrogen) atoms. The van der Waals surface area contributed by atoms with Crippen molar-refractivity contribution < 1.29 is 0 Å². The van der Waals surface area contributed by atoms with E-state index < -0.39 is 0 Å². The Morgan fingerprint density at radius 2 is 1.79 bits per heavy atom. The fourth-order valence-corrected chi connectivity index (χ4v) is 5.04. The molecule has 2 aromatic heterocycles. The first-order valence-corrected chi connectivity index (χ1v) is 10.5. The molecule has 0 amide bonds. The summed E-state index contributed by atoms with van der Waals surface area (Å²) in [6.45, 7) is 4.10. The molecule has 2 bridgehead atoms. The van der Waals surface area contributed by atoms with Gasteiger partial charge in [0.2, 0.25) is 0 Å². The highest BCUT2D eigenvalue weighted by molar-refractivity contribution is 5.60. The molecule has 2 aliphatic heterocycles. The van der Waals surface area contributed by atoms with Gasteiger partial charge in [-0.25, -0.2) is 9.97 Å². The highest BCUT2D eigenvalue weighted by atomic mass is 16.1. The van der Waals surface area contributed by atoms with Crippen LogP contribution in [0.25, 0.3) is 11.1 Å². The molecule has 5 nitrogen and oxygen atoms in total. The lowest BCUT2D eigenvalue weighted by atomic mass is 9.82. The zero-order chi connectivity index (χ0) is 19.6. The molecule has 5 heteroatoms. The van der Waals surface area contributed by atoms with Crippen LogP contribution < -0.4 is 5.56 Å². The maximum atomic E-state index is 13.1. The van der Waals surface area contributed by atoms with Gasteiger partial charge in [-0.05, 0) is 49.4 Å². The average Bonchev–Trinajstić information content (AvgIpc) is 2.76. The fraction of sp³-hybridized carbons (Fsp3) is 0.375. The van der Waals surface area contributed by atoms with Crippen LogP contribution in [0.1, 0.15) is 30.0 Å². The summed E-state index contributed by atoms with van der Waals surface area (Å²) >= 11 is 0. The molecule has 0 spiro atoms. The van der Waals surface area contributed by atoms with Gasteiger partial charge in [0, 0.05) is 49.2 Å². The van der Waals surface area contributed by atoms with Crippen molar-refractivity contribution in [2.75, 3.05) is 19.6 Å². The van der Waals surface area contributed by atoms with E-state index >= 15 is 0 Å². The van der Waals surface area contributed by atoms with Crippen molar-refractivity contribution in [3.05, 3.63) is 82.8 Å². The summed E-state index contributed by atoms with van der Waals surface area (Å²) in [4.78, 5) is 23.9. The van der Waals surface area contributed by atoms with Crippen LogP contribution in [0.4, 0.5) is 0 Å². The minimum atomic E-state index is 0.101. The number of nitrogens with zero attached hydrogens (tertiary/aromatic N) is 4. The first kappa shape index (κ1) is 18.3. The van der Waals surface area contributed by atoms with Crippen LogP contribution in [0.15, 0.2) is 66.0 Å². The minimum absolute atomic E-state index is 0.101. The Bertz CT molecular complexity index is 1030. The van der Waals surface area contributed by atoms with E-state index in [9.17, 15) is 4.79 Å². The van der Waals surface area contributed by atoms with E-state index in [1.807, 2.05) is 10.6 Å². The van der Waals surface area contributed by atoms with Crippen molar-refractivity contribution in [3.63, 3.8) is 0 Å². The zero-order valence-corrected chi connectivity index (χ0v) is 16.6. The Hall–Kier alpha value is -2.79. The fourth-order valence-electron chi connectivity index (χ4n) is 5.04. The van der Waals surface area contributed by atoms with Crippen molar-refractivity contribution in [1.29, 1.82) is 0 Å². The zero-order valence-electron chi connectivity index (χ0n) is 16.6. The van der Waals surface area contributed by atoms with Crippen LogP contribution in [0.2, 0.25) is 0 Å². The Morgan fingerprint density at radius 3 is 2.62 bits per heavy atom. The molecule has 2 atom stereocenters. The molecule has 2 aliphatic rings. The van der Waals surface area contributed by atoms with Crippen molar-refractivity contribution in [2.45, 2.75) is 31.7 Å². The number of aromatic nitrogens is 3. The van der Waals surface area contributed by atoms with Gasteiger partial charge in [0.05, 0.1) is 5.56 Å². The number of pyridine rings is 1. The van der Waals surface area contributed by atoms with E-state index in [-0.39, 0.29) is 5.56 Å². The number of hydrogen-bond donors (Lipinski definition) is 0. The number of piperidine rings is 1. The standard InChI is InChI=1S/C24H26N4O/c29-24-22(21-12-25-17-26-13-21)8-9-23-20-11-19(15-28(23)24)14-27(16-20)10-4-7-18-5-2-1-3-6-18/h1-3,5-6,8-9,12-13,17,19-20H,4,7,10-11,14-16H2. The summed E-state index contributed by atoms with van der Waals surface area (Å²) in [6.07, 6.45) is 8.44. The van der Waals surface area contributed by atoms with E-state index in [4.69, 9.17) is 0 Å². The molecule has 0 saturated carbocycles.